The van der Waals surface area contributed by atoms with Crippen LogP contribution in [0.15, 0.2) is 16.3 Å². The summed E-state index contributed by atoms with van der Waals surface area (Å²) in [5.41, 5.74) is 0. The number of sulfonamides is 1. The van der Waals surface area contributed by atoms with Gasteiger partial charge < -0.3 is 5.32 Å². The van der Waals surface area contributed by atoms with Crippen molar-refractivity contribution in [2.24, 2.45) is 0 Å². The second-order valence-corrected chi connectivity index (χ2v) is 8.97. The predicted molar refractivity (Wildman–Crippen MR) is 87.0 cm³/mol. The maximum Gasteiger partial charge on any atom is 0.241 e. The molecule has 1 saturated carbocycles. The molecule has 1 aromatic heterocycles. The van der Waals surface area contributed by atoms with Crippen molar-refractivity contribution in [3.8, 4) is 0 Å². The molecule has 0 bridgehead atoms. The summed E-state index contributed by atoms with van der Waals surface area (Å²) < 4.78 is 27.6. The first-order valence-corrected chi connectivity index (χ1v) is 10.5. The molecule has 4 nitrogen and oxygen atoms in total. The Morgan fingerprint density at radius 3 is 2.95 bits per heavy atom. The molecule has 20 heavy (non-hydrogen) atoms. The fourth-order valence-electron chi connectivity index (χ4n) is 2.52. The van der Waals surface area contributed by atoms with E-state index < -0.39 is 10.0 Å². The average molecular weight is 335 g/mol. The third kappa shape index (κ3) is 4.21. The minimum absolute atomic E-state index is 0.0823. The van der Waals surface area contributed by atoms with Gasteiger partial charge in [-0.25, -0.2) is 13.1 Å². The Bertz CT molecular complexity index is 527. The fourth-order valence-corrected chi connectivity index (χ4v) is 5.92. The molecule has 1 aliphatic carbocycles. The molecule has 2 rings (SSSR count). The van der Waals surface area contributed by atoms with E-state index in [0.29, 0.717) is 16.7 Å². The van der Waals surface area contributed by atoms with E-state index in [0.717, 1.165) is 24.1 Å². The van der Waals surface area contributed by atoms with Gasteiger partial charge in [0.05, 0.1) is 4.90 Å². The van der Waals surface area contributed by atoms with Gasteiger partial charge in [0.2, 0.25) is 10.0 Å². The zero-order valence-corrected chi connectivity index (χ0v) is 14.3. The molecule has 1 fully saturated rings. The fraction of sp³-hybridized carbons (Fsp3) is 0.692. The SMILES string of the molecule is CNCc1cc(S(=O)(=O)NC2CCCC(SC)C2)cs1. The van der Waals surface area contributed by atoms with Gasteiger partial charge in [-0.1, -0.05) is 6.42 Å². The van der Waals surface area contributed by atoms with Crippen LogP contribution in [0.3, 0.4) is 0 Å². The molecule has 0 radical (unpaired) electrons. The molecule has 0 saturated heterocycles. The Balaban J connectivity index is 2.02. The molecule has 2 atom stereocenters. The van der Waals surface area contributed by atoms with Crippen LogP contribution in [0, 0.1) is 0 Å². The average Bonchev–Trinajstić information content (AvgIpc) is 2.88. The minimum Gasteiger partial charge on any atom is -0.315 e. The van der Waals surface area contributed by atoms with Gasteiger partial charge in [0, 0.05) is 28.1 Å². The van der Waals surface area contributed by atoms with Crippen LogP contribution < -0.4 is 10.0 Å². The first kappa shape index (κ1) is 16.3. The lowest BCUT2D eigenvalue weighted by molar-refractivity contribution is 0.421. The molecule has 7 heteroatoms. The van der Waals surface area contributed by atoms with Crippen LogP contribution in [0.1, 0.15) is 30.6 Å². The molecule has 1 aliphatic rings. The van der Waals surface area contributed by atoms with Crippen LogP contribution in [0.4, 0.5) is 0 Å². The van der Waals surface area contributed by atoms with Crippen LogP contribution in [0.2, 0.25) is 0 Å². The van der Waals surface area contributed by atoms with Gasteiger partial charge in [-0.05, 0) is 38.6 Å². The summed E-state index contributed by atoms with van der Waals surface area (Å²) in [4.78, 5) is 1.44. The van der Waals surface area contributed by atoms with E-state index in [1.165, 1.54) is 17.8 Å². The van der Waals surface area contributed by atoms with E-state index in [1.807, 2.05) is 18.8 Å². The summed E-state index contributed by atoms with van der Waals surface area (Å²) in [5, 5.41) is 5.34. The van der Waals surface area contributed by atoms with E-state index in [-0.39, 0.29) is 6.04 Å². The van der Waals surface area contributed by atoms with E-state index in [4.69, 9.17) is 0 Å². The van der Waals surface area contributed by atoms with Crippen LogP contribution in [0.25, 0.3) is 0 Å². The first-order valence-electron chi connectivity index (χ1n) is 6.82. The standard InChI is InChI=1S/C13H22N2O2S3/c1-14-8-12-7-13(9-19-12)20(16,17)15-10-4-3-5-11(6-10)18-2/h7,9-11,14-15H,3-6,8H2,1-2H3. The molecule has 0 aromatic carbocycles. The van der Waals surface area contributed by atoms with Gasteiger partial charge >= 0.3 is 0 Å². The maximum atomic E-state index is 12.4. The lowest BCUT2D eigenvalue weighted by Crippen LogP contribution is -2.38. The Labute approximate surface area is 129 Å². The van der Waals surface area contributed by atoms with Crippen molar-refractivity contribution >= 4 is 33.1 Å². The van der Waals surface area contributed by atoms with E-state index >= 15 is 0 Å². The van der Waals surface area contributed by atoms with Crippen molar-refractivity contribution in [1.29, 1.82) is 0 Å². The number of thioether (sulfide) groups is 1. The van der Waals surface area contributed by atoms with Crippen molar-refractivity contribution in [2.75, 3.05) is 13.3 Å². The third-order valence-electron chi connectivity index (χ3n) is 3.57. The van der Waals surface area contributed by atoms with Gasteiger partial charge in [-0.3, -0.25) is 0 Å². The minimum atomic E-state index is -3.37. The van der Waals surface area contributed by atoms with Crippen molar-refractivity contribution < 1.29 is 8.42 Å². The highest BCUT2D eigenvalue weighted by Crippen LogP contribution is 2.28. The quantitative estimate of drug-likeness (QED) is 0.839. The van der Waals surface area contributed by atoms with Gasteiger partial charge in [0.15, 0.2) is 0 Å². The summed E-state index contributed by atoms with van der Waals surface area (Å²) in [6, 6.07) is 1.84. The predicted octanol–water partition coefficient (Wildman–Crippen LogP) is 2.42. The highest BCUT2D eigenvalue weighted by atomic mass is 32.2. The number of nitrogens with one attached hydrogen (secondary N) is 2. The molecule has 1 aromatic rings. The molecule has 0 amide bonds. The largest absolute Gasteiger partial charge is 0.315 e. The highest BCUT2D eigenvalue weighted by molar-refractivity contribution is 7.99. The lowest BCUT2D eigenvalue weighted by atomic mass is 9.96. The molecule has 0 spiro atoms. The van der Waals surface area contributed by atoms with Crippen LogP contribution in [-0.4, -0.2) is 33.0 Å². The summed E-state index contributed by atoms with van der Waals surface area (Å²) in [5.74, 6) is 0. The zero-order chi connectivity index (χ0) is 14.6. The molecule has 2 unspecified atom stereocenters. The molecule has 2 N–H and O–H groups in total. The second kappa shape index (κ2) is 7.26. The third-order valence-corrected chi connectivity index (χ3v) is 7.25. The molecular formula is C13H22N2O2S3. The Kier molecular flexibility index (Phi) is 5.92. The first-order chi connectivity index (χ1) is 9.55. The summed E-state index contributed by atoms with van der Waals surface area (Å²) in [6.45, 7) is 0.707. The molecule has 1 heterocycles. The molecule has 0 aliphatic heterocycles. The zero-order valence-electron chi connectivity index (χ0n) is 11.9. The number of thiophene rings is 1. The van der Waals surface area contributed by atoms with Gasteiger partial charge in [0.1, 0.15) is 0 Å². The van der Waals surface area contributed by atoms with Crippen LogP contribution in [-0.2, 0) is 16.6 Å². The number of rotatable bonds is 6. The highest BCUT2D eigenvalue weighted by Gasteiger charge is 2.26. The summed E-state index contributed by atoms with van der Waals surface area (Å²) in [7, 11) is -1.51. The lowest BCUT2D eigenvalue weighted by Gasteiger charge is -2.28. The summed E-state index contributed by atoms with van der Waals surface area (Å²) in [6.07, 6.45) is 6.29. The second-order valence-electron chi connectivity index (χ2n) is 5.12. The number of hydrogen-bond donors (Lipinski definition) is 2. The maximum absolute atomic E-state index is 12.4. The van der Waals surface area contributed by atoms with E-state index in [1.54, 1.807) is 11.4 Å². The normalized spacial score (nSPS) is 23.9. The summed E-state index contributed by atoms with van der Waals surface area (Å²) >= 11 is 3.32. The van der Waals surface area contributed by atoms with Gasteiger partial charge in [0.25, 0.3) is 0 Å². The van der Waals surface area contributed by atoms with Gasteiger partial charge in [-0.15, -0.1) is 11.3 Å². The van der Waals surface area contributed by atoms with Crippen molar-refractivity contribution in [3.05, 3.63) is 16.3 Å². The smallest absolute Gasteiger partial charge is 0.241 e. The monoisotopic (exact) mass is 334 g/mol. The van der Waals surface area contributed by atoms with Crippen LogP contribution >= 0.6 is 23.1 Å². The molecular weight excluding hydrogens is 312 g/mol. The van der Waals surface area contributed by atoms with Crippen LogP contribution in [0.5, 0.6) is 0 Å². The molecule has 114 valence electrons. The van der Waals surface area contributed by atoms with Gasteiger partial charge in [-0.2, -0.15) is 11.8 Å². The van der Waals surface area contributed by atoms with Crippen molar-refractivity contribution in [3.63, 3.8) is 0 Å². The topological polar surface area (TPSA) is 58.2 Å². The Morgan fingerprint density at radius 1 is 1.45 bits per heavy atom. The Hall–Kier alpha value is -0.0800. The number of hydrogen-bond acceptors (Lipinski definition) is 5. The van der Waals surface area contributed by atoms with E-state index in [2.05, 4.69) is 16.3 Å². The van der Waals surface area contributed by atoms with Crippen molar-refractivity contribution in [2.45, 2.75) is 48.4 Å². The Morgan fingerprint density at radius 2 is 2.25 bits per heavy atom. The van der Waals surface area contributed by atoms with E-state index in [9.17, 15) is 8.42 Å². The van der Waals surface area contributed by atoms with Crippen molar-refractivity contribution in [1.82, 2.24) is 10.0 Å².